The van der Waals surface area contributed by atoms with Gasteiger partial charge in [0.25, 0.3) is 0 Å². The van der Waals surface area contributed by atoms with Crippen molar-refractivity contribution in [3.63, 3.8) is 0 Å². The number of fused-ring (bicyclic) bond motifs is 1. The highest BCUT2D eigenvalue weighted by Gasteiger charge is 2.26. The van der Waals surface area contributed by atoms with Gasteiger partial charge in [-0.15, -0.1) is 0 Å². The number of nitrogens with one attached hydrogen (secondary N) is 1. The van der Waals surface area contributed by atoms with E-state index in [1.807, 2.05) is 48.4 Å². The molecular weight excluding hydrogens is 320 g/mol. The van der Waals surface area contributed by atoms with Crippen molar-refractivity contribution < 1.29 is 8.42 Å². The van der Waals surface area contributed by atoms with Gasteiger partial charge in [0.15, 0.2) is 0 Å². The van der Waals surface area contributed by atoms with Crippen LogP contribution in [0.2, 0.25) is 0 Å². The molecule has 1 N–H and O–H groups in total. The number of hydrogen-bond acceptors (Lipinski definition) is 3. The van der Waals surface area contributed by atoms with Crippen LogP contribution in [-0.4, -0.2) is 21.0 Å². The third-order valence-corrected chi connectivity index (χ3v) is 5.63. The first-order chi connectivity index (χ1) is 11.6. The smallest absolute Gasteiger partial charge is 0.242 e. The number of anilines is 1. The van der Waals surface area contributed by atoms with Crippen LogP contribution in [0.5, 0.6) is 0 Å². The van der Waals surface area contributed by atoms with Crippen LogP contribution in [0, 0.1) is 0 Å². The van der Waals surface area contributed by atoms with Gasteiger partial charge in [0, 0.05) is 12.7 Å². The van der Waals surface area contributed by atoms with Crippen molar-refractivity contribution >= 4 is 15.7 Å². The predicted octanol–water partition coefficient (Wildman–Crippen LogP) is 3.52. The average Bonchev–Trinajstić information content (AvgIpc) is 2.61. The number of unbranched alkanes of at least 4 members (excludes halogenated alkanes) is 1. The third-order valence-electron chi connectivity index (χ3n) is 4.13. The van der Waals surface area contributed by atoms with E-state index in [9.17, 15) is 8.42 Å². The molecule has 24 heavy (non-hydrogen) atoms. The molecule has 1 heterocycles. The average molecular weight is 342 g/mol. The molecule has 2 aliphatic rings. The van der Waals surface area contributed by atoms with Gasteiger partial charge in [0.05, 0.1) is 11.7 Å². The number of rotatable bonds is 6. The summed E-state index contributed by atoms with van der Waals surface area (Å²) in [5.74, 6) is 0. The first-order valence-electron chi connectivity index (χ1n) is 8.24. The molecule has 0 amide bonds. The zero-order chi connectivity index (χ0) is 17.0. The Kier molecular flexibility index (Phi) is 5.02. The van der Waals surface area contributed by atoms with Crippen LogP contribution in [0.1, 0.15) is 19.8 Å². The minimum absolute atomic E-state index is 0.0204. The molecule has 4 nitrogen and oxygen atoms in total. The summed E-state index contributed by atoms with van der Waals surface area (Å²) in [5.41, 5.74) is 1.83. The summed E-state index contributed by atoms with van der Waals surface area (Å²) in [5, 5.41) is 0. The van der Waals surface area contributed by atoms with Crippen molar-refractivity contribution in [1.29, 1.82) is 0 Å². The lowest BCUT2D eigenvalue weighted by molar-refractivity contribution is 0.578. The van der Waals surface area contributed by atoms with E-state index in [0.717, 1.165) is 18.4 Å². The van der Waals surface area contributed by atoms with Crippen molar-refractivity contribution in [2.75, 3.05) is 11.4 Å². The SMILES string of the molecule is CCCCNS(=O)(=O)c1ccccc1N1C=CC=C2C=CC=CC21. The zero-order valence-corrected chi connectivity index (χ0v) is 14.5. The second-order valence-electron chi connectivity index (χ2n) is 5.82. The van der Waals surface area contributed by atoms with Crippen LogP contribution in [-0.2, 0) is 10.0 Å². The maximum absolute atomic E-state index is 12.7. The second kappa shape index (κ2) is 7.20. The molecule has 126 valence electrons. The number of hydrogen-bond donors (Lipinski definition) is 1. The molecule has 1 aliphatic carbocycles. The van der Waals surface area contributed by atoms with E-state index in [-0.39, 0.29) is 6.04 Å². The summed E-state index contributed by atoms with van der Waals surface area (Å²) in [6, 6.07) is 7.17. The van der Waals surface area contributed by atoms with Crippen molar-refractivity contribution in [2.45, 2.75) is 30.7 Å². The quantitative estimate of drug-likeness (QED) is 0.805. The molecule has 0 bridgehead atoms. The Hall–Kier alpha value is -2.11. The maximum atomic E-state index is 12.7. The fourth-order valence-electron chi connectivity index (χ4n) is 2.88. The summed E-state index contributed by atoms with van der Waals surface area (Å²) in [7, 11) is -3.54. The highest BCUT2D eigenvalue weighted by Crippen LogP contribution is 2.32. The molecule has 1 aromatic carbocycles. The molecule has 0 saturated carbocycles. The second-order valence-corrected chi connectivity index (χ2v) is 7.56. The van der Waals surface area contributed by atoms with Crippen molar-refractivity contribution in [3.8, 4) is 0 Å². The summed E-state index contributed by atoms with van der Waals surface area (Å²) in [6.45, 7) is 2.50. The first kappa shape index (κ1) is 16.7. The van der Waals surface area contributed by atoms with Crippen LogP contribution >= 0.6 is 0 Å². The normalized spacial score (nSPS) is 19.3. The Balaban J connectivity index is 1.95. The zero-order valence-electron chi connectivity index (χ0n) is 13.7. The van der Waals surface area contributed by atoms with E-state index < -0.39 is 10.0 Å². The van der Waals surface area contributed by atoms with Crippen molar-refractivity contribution in [3.05, 3.63) is 72.5 Å². The van der Waals surface area contributed by atoms with E-state index in [4.69, 9.17) is 0 Å². The van der Waals surface area contributed by atoms with Crippen LogP contribution < -0.4 is 9.62 Å². The van der Waals surface area contributed by atoms with E-state index in [1.54, 1.807) is 12.1 Å². The van der Waals surface area contributed by atoms with Gasteiger partial charge in [-0.2, -0.15) is 0 Å². The fourth-order valence-corrected chi connectivity index (χ4v) is 4.16. The van der Waals surface area contributed by atoms with Gasteiger partial charge in [-0.05, 0) is 30.2 Å². The molecule has 1 atom stereocenters. The molecule has 5 heteroatoms. The summed E-state index contributed by atoms with van der Waals surface area (Å²) >= 11 is 0. The van der Waals surface area contributed by atoms with Gasteiger partial charge in [-0.25, -0.2) is 13.1 Å². The van der Waals surface area contributed by atoms with Crippen LogP contribution in [0.25, 0.3) is 0 Å². The third kappa shape index (κ3) is 3.37. The summed E-state index contributed by atoms with van der Waals surface area (Å²) < 4.78 is 28.1. The van der Waals surface area contributed by atoms with Crippen molar-refractivity contribution in [1.82, 2.24) is 4.72 Å². The lowest BCUT2D eigenvalue weighted by Gasteiger charge is -2.34. The minimum atomic E-state index is -3.54. The van der Waals surface area contributed by atoms with Crippen LogP contribution in [0.4, 0.5) is 5.69 Å². The van der Waals surface area contributed by atoms with Gasteiger partial charge in [-0.3, -0.25) is 0 Å². The standard InChI is InChI=1S/C19H22N2O2S/c1-2-3-14-20-24(22,23)19-13-7-6-12-18(19)21-15-8-10-16-9-4-5-11-17(16)21/h4-13,15,17,20H,2-3,14H2,1H3. The highest BCUT2D eigenvalue weighted by molar-refractivity contribution is 7.89. The number of sulfonamides is 1. The Morgan fingerprint density at radius 1 is 1.17 bits per heavy atom. The molecule has 1 aliphatic heterocycles. The van der Waals surface area contributed by atoms with E-state index >= 15 is 0 Å². The number of allylic oxidation sites excluding steroid dienone is 4. The topological polar surface area (TPSA) is 49.4 Å². The van der Waals surface area contributed by atoms with E-state index in [0.29, 0.717) is 17.1 Å². The highest BCUT2D eigenvalue weighted by atomic mass is 32.2. The molecule has 0 radical (unpaired) electrons. The van der Waals surface area contributed by atoms with E-state index in [1.165, 1.54) is 0 Å². The molecule has 3 rings (SSSR count). The minimum Gasteiger partial charge on any atom is -0.336 e. The fraction of sp³-hybridized carbons (Fsp3) is 0.263. The molecule has 0 aromatic heterocycles. The lowest BCUT2D eigenvalue weighted by Crippen LogP contribution is -2.35. The maximum Gasteiger partial charge on any atom is 0.242 e. The van der Waals surface area contributed by atoms with Gasteiger partial charge < -0.3 is 4.90 Å². The first-order valence-corrected chi connectivity index (χ1v) is 9.72. The Labute approximate surface area is 143 Å². The Morgan fingerprint density at radius 2 is 2.00 bits per heavy atom. The van der Waals surface area contributed by atoms with Gasteiger partial charge in [0.1, 0.15) is 4.90 Å². The van der Waals surface area contributed by atoms with E-state index in [2.05, 4.69) is 23.0 Å². The van der Waals surface area contributed by atoms with Gasteiger partial charge >= 0.3 is 0 Å². The van der Waals surface area contributed by atoms with Crippen LogP contribution in [0.3, 0.4) is 0 Å². The van der Waals surface area contributed by atoms with Gasteiger partial charge in [-0.1, -0.05) is 55.9 Å². The predicted molar refractivity (Wildman–Crippen MR) is 98.3 cm³/mol. The Morgan fingerprint density at radius 3 is 2.83 bits per heavy atom. The molecule has 0 fully saturated rings. The lowest BCUT2D eigenvalue weighted by atomic mass is 9.97. The largest absolute Gasteiger partial charge is 0.336 e. The van der Waals surface area contributed by atoms with Crippen LogP contribution in [0.15, 0.2) is 77.4 Å². The number of para-hydroxylation sites is 1. The molecule has 1 aromatic rings. The molecule has 0 spiro atoms. The summed E-state index contributed by atoms with van der Waals surface area (Å²) in [6.07, 6.45) is 15.8. The Bertz CT molecular complexity index is 820. The van der Waals surface area contributed by atoms with Gasteiger partial charge in [0.2, 0.25) is 10.0 Å². The number of nitrogens with zero attached hydrogens (tertiary/aromatic N) is 1. The molecule has 1 unspecified atom stereocenters. The molecular formula is C19H22N2O2S. The van der Waals surface area contributed by atoms with Crippen molar-refractivity contribution in [2.24, 2.45) is 0 Å². The summed E-state index contributed by atoms with van der Waals surface area (Å²) in [4.78, 5) is 2.32. The number of benzene rings is 1. The monoisotopic (exact) mass is 342 g/mol. The molecule has 0 saturated heterocycles.